The first kappa shape index (κ1) is 27.9. The predicted octanol–water partition coefficient (Wildman–Crippen LogP) is 6.80. The number of nitrogens with zero attached hydrogens (tertiary/aromatic N) is 3. The van der Waals surface area contributed by atoms with Gasteiger partial charge >= 0.3 is 0 Å². The number of hydrogen-bond acceptors (Lipinski definition) is 6. The molecule has 0 spiro atoms. The van der Waals surface area contributed by atoms with Crippen molar-refractivity contribution in [3.05, 3.63) is 88.9 Å². The van der Waals surface area contributed by atoms with Crippen LogP contribution in [0.25, 0.3) is 33.6 Å². The summed E-state index contributed by atoms with van der Waals surface area (Å²) in [5.74, 6) is 1.17. The van der Waals surface area contributed by atoms with Gasteiger partial charge in [-0.15, -0.1) is 0 Å². The summed E-state index contributed by atoms with van der Waals surface area (Å²) in [6.45, 7) is 6.90. The van der Waals surface area contributed by atoms with Gasteiger partial charge in [-0.3, -0.25) is 9.88 Å². The molecule has 1 radical (unpaired) electrons. The molecule has 2 aromatic carbocycles. The molecule has 1 N–H and O–H groups in total. The fourth-order valence-electron chi connectivity index (χ4n) is 4.42. The summed E-state index contributed by atoms with van der Waals surface area (Å²) in [4.78, 5) is 11.2. The number of hydrogen-bond donors (Lipinski definition) is 1. The van der Waals surface area contributed by atoms with Gasteiger partial charge in [0.15, 0.2) is 0 Å². The molecule has 0 amide bonds. The van der Waals surface area contributed by atoms with E-state index < -0.39 is 6.10 Å². The first-order valence-corrected chi connectivity index (χ1v) is 12.8. The van der Waals surface area contributed by atoms with Gasteiger partial charge in [0.2, 0.25) is 5.88 Å². The topological polar surface area (TPSA) is 67.7 Å². The smallest absolute Gasteiger partial charge is 0.216 e. The van der Waals surface area contributed by atoms with Crippen LogP contribution in [0.4, 0.5) is 0 Å². The third kappa shape index (κ3) is 5.94. The van der Waals surface area contributed by atoms with E-state index in [1.165, 1.54) is 0 Å². The lowest BCUT2D eigenvalue weighted by Crippen LogP contribution is -2.26. The van der Waals surface area contributed by atoms with E-state index in [9.17, 15) is 5.11 Å². The van der Waals surface area contributed by atoms with Crippen molar-refractivity contribution in [3.63, 3.8) is 0 Å². The zero-order valence-corrected chi connectivity index (χ0v) is 23.3. The van der Waals surface area contributed by atoms with Crippen molar-refractivity contribution >= 4 is 23.2 Å². The van der Waals surface area contributed by atoms with E-state index in [0.717, 1.165) is 33.6 Å². The number of rotatable bonds is 9. The van der Waals surface area contributed by atoms with Crippen molar-refractivity contribution < 1.29 is 14.6 Å². The summed E-state index contributed by atoms with van der Waals surface area (Å²) < 4.78 is 11.0. The van der Waals surface area contributed by atoms with E-state index in [1.807, 2.05) is 66.5 Å². The van der Waals surface area contributed by atoms with Crippen LogP contribution in [0, 0.1) is 6.92 Å². The van der Waals surface area contributed by atoms with Crippen LogP contribution >= 0.6 is 23.2 Å². The Morgan fingerprint density at radius 2 is 1.71 bits per heavy atom. The number of aliphatic hydroxyl groups is 1. The van der Waals surface area contributed by atoms with Crippen molar-refractivity contribution in [1.82, 2.24) is 14.9 Å². The summed E-state index contributed by atoms with van der Waals surface area (Å²) in [5, 5.41) is 10.7. The van der Waals surface area contributed by atoms with Crippen molar-refractivity contribution in [2.45, 2.75) is 19.6 Å². The molecular formula is C30H30Cl2N3O3. The molecule has 4 rings (SSSR count). The van der Waals surface area contributed by atoms with Crippen LogP contribution in [-0.2, 0) is 6.54 Å². The van der Waals surface area contributed by atoms with E-state index in [2.05, 4.69) is 16.9 Å². The fraction of sp³-hybridized carbons (Fsp3) is 0.233. The van der Waals surface area contributed by atoms with Gasteiger partial charge in [-0.1, -0.05) is 59.6 Å². The lowest BCUT2D eigenvalue weighted by molar-refractivity contribution is 0.138. The summed E-state index contributed by atoms with van der Waals surface area (Å²) in [6, 6.07) is 17.2. The largest absolute Gasteiger partial charge is 0.496 e. The first-order chi connectivity index (χ1) is 18.2. The maximum atomic E-state index is 9.69. The number of aliphatic hydroxyl groups excluding tert-OH is 1. The van der Waals surface area contributed by atoms with Crippen LogP contribution in [0.2, 0.25) is 10.0 Å². The number of ether oxygens (including phenoxy) is 2. The molecule has 0 unspecified atom stereocenters. The minimum atomic E-state index is -0.415. The molecule has 8 heteroatoms. The van der Waals surface area contributed by atoms with Gasteiger partial charge < -0.3 is 14.6 Å². The van der Waals surface area contributed by atoms with Crippen molar-refractivity contribution in [2.24, 2.45) is 0 Å². The van der Waals surface area contributed by atoms with E-state index >= 15 is 0 Å². The standard InChI is InChI=1S/C30H30Cl2N3O3/c1-18-9-12-25(34-30(18)38-5)24-8-6-7-22(27(24)31)23-13-14-33-29(28(23)32)20-10-11-21(26(15-20)37-4)17-35(3)16-19(2)36/h6-15,19,36H,1,16-17H2,2-5H3/t19-/m0/s1. The van der Waals surface area contributed by atoms with Crippen LogP contribution in [-0.4, -0.2) is 53.9 Å². The molecule has 2 aromatic heterocycles. The second kappa shape index (κ2) is 12.1. The lowest BCUT2D eigenvalue weighted by Gasteiger charge is -2.20. The molecule has 0 fully saturated rings. The second-order valence-corrected chi connectivity index (χ2v) is 9.88. The van der Waals surface area contributed by atoms with Gasteiger partial charge in [0.1, 0.15) is 5.75 Å². The molecule has 0 aliphatic rings. The van der Waals surface area contributed by atoms with E-state index in [-0.39, 0.29) is 0 Å². The number of methoxy groups -OCH3 is 2. The van der Waals surface area contributed by atoms with Gasteiger partial charge in [-0.2, -0.15) is 0 Å². The monoisotopic (exact) mass is 550 g/mol. The van der Waals surface area contributed by atoms with Gasteiger partial charge in [0.25, 0.3) is 0 Å². The molecule has 38 heavy (non-hydrogen) atoms. The molecule has 0 aliphatic carbocycles. The van der Waals surface area contributed by atoms with Crippen LogP contribution in [0.15, 0.2) is 60.8 Å². The van der Waals surface area contributed by atoms with Gasteiger partial charge in [-0.25, -0.2) is 4.98 Å². The molecule has 0 aliphatic heterocycles. The van der Waals surface area contributed by atoms with E-state index in [0.29, 0.717) is 46.0 Å². The number of benzene rings is 2. The lowest BCUT2D eigenvalue weighted by atomic mass is 9.99. The Balaban J connectivity index is 1.73. The summed E-state index contributed by atoms with van der Waals surface area (Å²) in [7, 11) is 5.16. The van der Waals surface area contributed by atoms with Crippen molar-refractivity contribution in [2.75, 3.05) is 27.8 Å². The Kier molecular flexibility index (Phi) is 8.90. The molecular weight excluding hydrogens is 521 g/mol. The number of likely N-dealkylation sites (N-methyl/N-ethyl adjacent to an activating group) is 1. The summed E-state index contributed by atoms with van der Waals surface area (Å²) >= 11 is 13.9. The minimum Gasteiger partial charge on any atom is -0.496 e. The molecule has 4 aromatic rings. The van der Waals surface area contributed by atoms with Gasteiger partial charge in [0, 0.05) is 52.7 Å². The average Bonchev–Trinajstić information content (AvgIpc) is 2.89. The Morgan fingerprint density at radius 1 is 0.974 bits per heavy atom. The van der Waals surface area contributed by atoms with Crippen molar-refractivity contribution in [1.29, 1.82) is 0 Å². The van der Waals surface area contributed by atoms with Crippen LogP contribution in [0.3, 0.4) is 0 Å². The Morgan fingerprint density at radius 3 is 2.42 bits per heavy atom. The van der Waals surface area contributed by atoms with Crippen LogP contribution < -0.4 is 9.47 Å². The maximum Gasteiger partial charge on any atom is 0.216 e. The van der Waals surface area contributed by atoms with Gasteiger partial charge in [0.05, 0.1) is 41.8 Å². The number of pyridine rings is 2. The zero-order chi connectivity index (χ0) is 27.4. The maximum absolute atomic E-state index is 9.69. The molecule has 197 valence electrons. The fourth-order valence-corrected chi connectivity index (χ4v) is 5.06. The Hall–Kier alpha value is -3.16. The quantitative estimate of drug-likeness (QED) is 0.247. The number of aromatic nitrogens is 2. The second-order valence-electron chi connectivity index (χ2n) is 9.13. The van der Waals surface area contributed by atoms with Crippen molar-refractivity contribution in [3.8, 4) is 45.3 Å². The summed E-state index contributed by atoms with van der Waals surface area (Å²) in [6.07, 6.45) is 1.30. The highest BCUT2D eigenvalue weighted by Crippen LogP contribution is 2.42. The molecule has 0 saturated heterocycles. The molecule has 1 atom stereocenters. The van der Waals surface area contributed by atoms with Gasteiger partial charge in [-0.05, 0) is 39.1 Å². The minimum absolute atomic E-state index is 0.415. The third-order valence-corrected chi connectivity index (χ3v) is 6.95. The normalized spacial score (nSPS) is 12.0. The highest BCUT2D eigenvalue weighted by molar-refractivity contribution is 6.39. The highest BCUT2D eigenvalue weighted by atomic mass is 35.5. The van der Waals surface area contributed by atoms with E-state index in [4.69, 9.17) is 32.7 Å². The van der Waals surface area contributed by atoms with Crippen LogP contribution in [0.5, 0.6) is 11.6 Å². The van der Waals surface area contributed by atoms with Crippen LogP contribution in [0.1, 0.15) is 18.1 Å². The molecule has 2 heterocycles. The number of halogens is 2. The first-order valence-electron chi connectivity index (χ1n) is 12.1. The van der Waals surface area contributed by atoms with E-state index in [1.54, 1.807) is 27.3 Å². The zero-order valence-electron chi connectivity index (χ0n) is 21.8. The Bertz CT molecular complexity index is 1440. The summed E-state index contributed by atoms with van der Waals surface area (Å²) in [5.41, 5.74) is 6.08. The third-order valence-electron chi connectivity index (χ3n) is 6.16. The SMILES string of the molecule is [CH2]c1ccc(-c2cccc(-c3ccnc(-c4ccc(CN(C)C[C@H](C)O)c(OC)c4)c3Cl)c2Cl)nc1OC. The average molecular weight is 551 g/mol. The molecule has 6 nitrogen and oxygen atoms in total. The molecule has 0 saturated carbocycles. The Labute approximate surface area is 233 Å². The molecule has 0 bridgehead atoms. The predicted molar refractivity (Wildman–Crippen MR) is 154 cm³/mol. The highest BCUT2D eigenvalue weighted by Gasteiger charge is 2.18.